The minimum atomic E-state index is -0.478. The number of hydrogen-bond donors (Lipinski definition) is 1. The number of fused-ring (bicyclic) bond motifs is 2. The van der Waals surface area contributed by atoms with Crippen molar-refractivity contribution < 1.29 is 9.59 Å². The summed E-state index contributed by atoms with van der Waals surface area (Å²) in [5.74, 6) is 0.243. The van der Waals surface area contributed by atoms with Crippen LogP contribution in [0.5, 0.6) is 0 Å². The highest BCUT2D eigenvalue weighted by Crippen LogP contribution is 2.43. The van der Waals surface area contributed by atoms with Gasteiger partial charge in [-0.15, -0.1) is 0 Å². The van der Waals surface area contributed by atoms with E-state index >= 15 is 0 Å². The molecule has 252 valence electrons. The highest BCUT2D eigenvalue weighted by Gasteiger charge is 2.43. The second-order valence-electron chi connectivity index (χ2n) is 14.1. The van der Waals surface area contributed by atoms with E-state index < -0.39 is 10.8 Å². The molecule has 0 unspecified atom stereocenters. The average molecular weight is 665 g/mol. The van der Waals surface area contributed by atoms with Crippen molar-refractivity contribution in [2.24, 2.45) is 0 Å². The van der Waals surface area contributed by atoms with Crippen LogP contribution in [0.3, 0.4) is 0 Å². The molecule has 0 spiro atoms. The first-order valence-electron chi connectivity index (χ1n) is 16.6. The van der Waals surface area contributed by atoms with Crippen molar-refractivity contribution in [3.05, 3.63) is 114 Å². The minimum absolute atomic E-state index is 0.120. The number of aryl methyl sites for hydroxylation is 2. The van der Waals surface area contributed by atoms with E-state index in [2.05, 4.69) is 25.1 Å². The van der Waals surface area contributed by atoms with Crippen LogP contribution in [0.15, 0.2) is 91.6 Å². The van der Waals surface area contributed by atoms with Gasteiger partial charge in [0.1, 0.15) is 0 Å². The number of rotatable bonds is 4. The molecule has 0 radical (unpaired) electrons. The molecule has 2 aromatic carbocycles. The number of pyridine rings is 2. The molecule has 10 heteroatoms. The molecule has 2 aliphatic heterocycles. The quantitative estimate of drug-likeness (QED) is 0.213. The van der Waals surface area contributed by atoms with Crippen LogP contribution in [0.25, 0.3) is 39.5 Å². The predicted molar refractivity (Wildman–Crippen MR) is 196 cm³/mol. The molecule has 2 aliphatic rings. The number of amides is 2. The highest BCUT2D eigenvalue weighted by atomic mass is 16.2. The maximum absolute atomic E-state index is 12.5. The number of carbonyl (C=O) groups is 2. The molecule has 6 aromatic rings. The summed E-state index contributed by atoms with van der Waals surface area (Å²) >= 11 is 0. The number of nitrogens with zero attached hydrogens (tertiary/aromatic N) is 7. The lowest BCUT2D eigenvalue weighted by Gasteiger charge is -2.16. The number of aromatic nitrogens is 6. The summed E-state index contributed by atoms with van der Waals surface area (Å²) < 4.78 is 1.98. The summed E-state index contributed by atoms with van der Waals surface area (Å²) in [7, 11) is 3.66. The van der Waals surface area contributed by atoms with Crippen LogP contribution >= 0.6 is 0 Å². The molecule has 4 aromatic heterocycles. The molecule has 10 nitrogen and oxygen atoms in total. The van der Waals surface area contributed by atoms with E-state index in [1.807, 2.05) is 133 Å². The Morgan fingerprint density at radius 1 is 0.620 bits per heavy atom. The Kier molecular flexibility index (Phi) is 7.77. The van der Waals surface area contributed by atoms with Crippen LogP contribution in [-0.2, 0) is 20.4 Å². The lowest BCUT2D eigenvalue weighted by atomic mass is 9.85. The van der Waals surface area contributed by atoms with Gasteiger partial charge in [0.05, 0.1) is 34.2 Å². The Labute approximate surface area is 291 Å². The van der Waals surface area contributed by atoms with E-state index in [0.29, 0.717) is 0 Å². The molecule has 8 rings (SSSR count). The number of imidazole rings is 1. The van der Waals surface area contributed by atoms with Gasteiger partial charge in [0, 0.05) is 77.8 Å². The van der Waals surface area contributed by atoms with Gasteiger partial charge in [-0.1, -0.05) is 24.3 Å². The third-order valence-electron chi connectivity index (χ3n) is 9.88. The minimum Gasteiger partial charge on any atom is -0.314 e. The molecule has 50 heavy (non-hydrogen) atoms. The number of benzene rings is 2. The number of H-pyrrole nitrogens is 1. The van der Waals surface area contributed by atoms with Gasteiger partial charge in [0.2, 0.25) is 11.8 Å². The maximum Gasteiger partial charge on any atom is 0.236 e. The summed E-state index contributed by atoms with van der Waals surface area (Å²) in [6.45, 7) is 11.8. The lowest BCUT2D eigenvalue weighted by molar-refractivity contribution is -0.122. The number of hydrogen-bond acceptors (Lipinski definition) is 6. The number of nitrogens with one attached hydrogen (secondary N) is 1. The molecule has 0 fully saturated rings. The van der Waals surface area contributed by atoms with Crippen LogP contribution in [0, 0.1) is 13.8 Å². The summed E-state index contributed by atoms with van der Waals surface area (Å²) in [4.78, 5) is 41.4. The van der Waals surface area contributed by atoms with Gasteiger partial charge in [-0.05, 0) is 95.1 Å². The van der Waals surface area contributed by atoms with Crippen LogP contribution in [0.4, 0.5) is 11.4 Å². The van der Waals surface area contributed by atoms with E-state index in [9.17, 15) is 9.59 Å². The monoisotopic (exact) mass is 664 g/mol. The van der Waals surface area contributed by atoms with Gasteiger partial charge in [0.15, 0.2) is 0 Å². The van der Waals surface area contributed by atoms with Gasteiger partial charge in [0.25, 0.3) is 0 Å². The van der Waals surface area contributed by atoms with Gasteiger partial charge >= 0.3 is 0 Å². The van der Waals surface area contributed by atoms with Crippen LogP contribution in [0.1, 0.15) is 50.2 Å². The van der Waals surface area contributed by atoms with Crippen molar-refractivity contribution in [3.63, 3.8) is 0 Å². The number of anilines is 2. The van der Waals surface area contributed by atoms with Gasteiger partial charge in [-0.3, -0.25) is 24.7 Å². The van der Waals surface area contributed by atoms with E-state index in [1.165, 1.54) is 0 Å². The molecule has 2 amide bonds. The number of aromatic amines is 1. The fourth-order valence-electron chi connectivity index (χ4n) is 6.92. The van der Waals surface area contributed by atoms with Crippen LogP contribution in [0.2, 0.25) is 0 Å². The molecular weight excluding hydrogens is 624 g/mol. The second kappa shape index (κ2) is 11.9. The van der Waals surface area contributed by atoms with Crippen molar-refractivity contribution in [1.29, 1.82) is 0 Å². The predicted octanol–water partition coefficient (Wildman–Crippen LogP) is 7.20. The van der Waals surface area contributed by atoms with Gasteiger partial charge in [-0.2, -0.15) is 5.10 Å². The standard InChI is InChI=1S/2C20H20N4O/c1-13-9-15(7-8-21-13)24-11-17(22-12-24)14-5-6-16-18(10-14)23(4)19(25)20(16,2)3;1-12-9-14(7-8-21-12)17-11-16(22-23-17)13-5-6-15-18(10-13)24(4)19(25)20(15,2)3/h5-12H,1-4H3;5-11H,1-4H3,(H,22,23). The zero-order valence-corrected chi connectivity index (χ0v) is 29.6. The SMILES string of the molecule is Cc1cc(-c2cc(-c3ccc4c(c3)N(C)C(=O)C4(C)C)n[nH]2)ccn1.Cc1cc(-n2cnc(-c3ccc4c(c3)N(C)C(=O)C4(C)C)c2)ccn1. The van der Waals surface area contributed by atoms with Crippen molar-refractivity contribution in [2.75, 3.05) is 23.9 Å². The summed E-state index contributed by atoms with van der Waals surface area (Å²) in [6, 6.07) is 22.2. The first kappa shape index (κ1) is 32.6. The molecule has 0 atom stereocenters. The Balaban J connectivity index is 0.000000157. The first-order valence-corrected chi connectivity index (χ1v) is 16.6. The Morgan fingerprint density at radius 2 is 1.18 bits per heavy atom. The van der Waals surface area contributed by atoms with Crippen molar-refractivity contribution >= 4 is 23.2 Å². The largest absolute Gasteiger partial charge is 0.314 e. The number of likely N-dealkylation sites (N-methyl/N-ethyl adjacent to an activating group) is 2. The highest BCUT2D eigenvalue weighted by molar-refractivity contribution is 6.08. The molecule has 6 heterocycles. The van der Waals surface area contributed by atoms with E-state index in [0.717, 1.165) is 73.3 Å². The molecule has 0 bridgehead atoms. The summed E-state index contributed by atoms with van der Waals surface area (Å²) in [5, 5.41) is 7.54. The molecule has 0 saturated carbocycles. The Bertz CT molecular complexity index is 2130. The Morgan fingerprint density at radius 3 is 1.76 bits per heavy atom. The van der Waals surface area contributed by atoms with E-state index in [1.54, 1.807) is 28.5 Å². The molecular formula is C40H40N8O2. The third-order valence-corrected chi connectivity index (χ3v) is 9.88. The zero-order valence-electron chi connectivity index (χ0n) is 29.6. The maximum atomic E-state index is 12.5. The second-order valence-corrected chi connectivity index (χ2v) is 14.1. The molecule has 1 N–H and O–H groups in total. The average Bonchev–Trinajstić information content (AvgIpc) is 3.87. The van der Waals surface area contributed by atoms with Gasteiger partial charge in [-0.25, -0.2) is 4.98 Å². The topological polar surface area (TPSA) is 113 Å². The van der Waals surface area contributed by atoms with E-state index in [4.69, 9.17) is 0 Å². The summed E-state index contributed by atoms with van der Waals surface area (Å²) in [5.41, 5.74) is 11.8. The lowest BCUT2D eigenvalue weighted by Crippen LogP contribution is -2.33. The third kappa shape index (κ3) is 5.46. The van der Waals surface area contributed by atoms with Gasteiger partial charge < -0.3 is 14.4 Å². The smallest absolute Gasteiger partial charge is 0.236 e. The van der Waals surface area contributed by atoms with Crippen molar-refractivity contribution in [1.82, 2.24) is 29.7 Å². The van der Waals surface area contributed by atoms with Crippen molar-refractivity contribution in [3.8, 4) is 39.5 Å². The zero-order chi connectivity index (χ0) is 35.5. The summed E-state index contributed by atoms with van der Waals surface area (Å²) in [6.07, 6.45) is 7.39. The van der Waals surface area contributed by atoms with E-state index in [-0.39, 0.29) is 11.8 Å². The fraction of sp³-hybridized carbons (Fsp3) is 0.250. The number of carbonyl (C=O) groups excluding carboxylic acids is 2. The first-order chi connectivity index (χ1) is 23.8. The molecule has 0 aliphatic carbocycles. The van der Waals surface area contributed by atoms with Crippen molar-refractivity contribution in [2.45, 2.75) is 52.4 Å². The fourth-order valence-corrected chi connectivity index (χ4v) is 6.92. The normalized spacial score (nSPS) is 15.5. The van der Waals surface area contributed by atoms with Crippen LogP contribution in [-0.4, -0.2) is 55.6 Å². The van der Waals surface area contributed by atoms with Crippen LogP contribution < -0.4 is 9.80 Å². The molecule has 0 saturated heterocycles. The Hall–Kier alpha value is -5.90.